The van der Waals surface area contributed by atoms with Crippen molar-refractivity contribution < 1.29 is 4.79 Å². The van der Waals surface area contributed by atoms with Gasteiger partial charge in [0.05, 0.1) is 5.69 Å². The first kappa shape index (κ1) is 13.6. The minimum absolute atomic E-state index is 0.212. The first-order chi connectivity index (χ1) is 9.63. The molecule has 110 valence electrons. The molecule has 2 aliphatic heterocycles. The molecule has 5 nitrogen and oxygen atoms in total. The number of likely N-dealkylation sites (tertiary alicyclic amines) is 1. The van der Waals surface area contributed by atoms with E-state index in [1.54, 1.807) is 0 Å². The summed E-state index contributed by atoms with van der Waals surface area (Å²) in [7, 11) is 0. The van der Waals surface area contributed by atoms with Crippen molar-refractivity contribution in [3.05, 3.63) is 17.5 Å². The third-order valence-electron chi connectivity index (χ3n) is 4.76. The van der Waals surface area contributed by atoms with Gasteiger partial charge in [0.25, 0.3) is 0 Å². The molecule has 1 amide bonds. The van der Waals surface area contributed by atoms with Crippen molar-refractivity contribution in [1.82, 2.24) is 20.0 Å². The quantitative estimate of drug-likeness (QED) is 0.875. The van der Waals surface area contributed by atoms with Crippen molar-refractivity contribution in [1.29, 1.82) is 0 Å². The van der Waals surface area contributed by atoms with Crippen molar-refractivity contribution in [3.63, 3.8) is 0 Å². The Morgan fingerprint density at radius 1 is 1.30 bits per heavy atom. The molecular weight excluding hydrogens is 252 g/mol. The maximum absolute atomic E-state index is 12.5. The molecule has 2 saturated heterocycles. The Bertz CT molecular complexity index is 482. The zero-order chi connectivity index (χ0) is 14.1. The number of fused-ring (bicyclic) bond motifs is 1. The second kappa shape index (κ2) is 5.56. The van der Waals surface area contributed by atoms with Gasteiger partial charge in [-0.15, -0.1) is 0 Å². The number of carbonyl (C=O) groups is 1. The van der Waals surface area contributed by atoms with Crippen LogP contribution in [0.5, 0.6) is 0 Å². The van der Waals surface area contributed by atoms with Crippen LogP contribution in [0.15, 0.2) is 6.07 Å². The number of aromatic nitrogens is 2. The lowest BCUT2D eigenvalue weighted by molar-refractivity contribution is -0.132. The summed E-state index contributed by atoms with van der Waals surface area (Å²) < 4.78 is 1.82. The number of hydrogen-bond acceptors (Lipinski definition) is 3. The smallest absolute Gasteiger partial charge is 0.244 e. The van der Waals surface area contributed by atoms with Crippen molar-refractivity contribution in [2.75, 3.05) is 26.2 Å². The summed E-state index contributed by atoms with van der Waals surface area (Å²) in [5, 5.41) is 7.85. The largest absolute Gasteiger partial charge is 0.341 e. The number of rotatable bonds is 2. The molecule has 2 aliphatic rings. The van der Waals surface area contributed by atoms with E-state index in [4.69, 9.17) is 0 Å². The molecule has 0 unspecified atom stereocenters. The second-order valence-electron chi connectivity index (χ2n) is 6.22. The van der Waals surface area contributed by atoms with Crippen molar-refractivity contribution in [2.45, 2.75) is 33.2 Å². The van der Waals surface area contributed by atoms with E-state index >= 15 is 0 Å². The van der Waals surface area contributed by atoms with Crippen LogP contribution in [0.4, 0.5) is 0 Å². The van der Waals surface area contributed by atoms with E-state index in [1.807, 2.05) is 29.5 Å². The number of aryl methyl sites for hydroxylation is 2. The van der Waals surface area contributed by atoms with Gasteiger partial charge in [-0.05, 0) is 57.7 Å². The molecule has 1 aromatic heterocycles. The molecule has 2 fully saturated rings. The summed E-state index contributed by atoms with van der Waals surface area (Å²) in [5.74, 6) is 1.74. The number of nitrogens with zero attached hydrogens (tertiary/aromatic N) is 3. The molecule has 3 heterocycles. The Balaban J connectivity index is 1.61. The van der Waals surface area contributed by atoms with Gasteiger partial charge in [-0.1, -0.05) is 0 Å². The predicted octanol–water partition coefficient (Wildman–Crippen LogP) is 0.958. The van der Waals surface area contributed by atoms with Crippen molar-refractivity contribution in [3.8, 4) is 0 Å². The normalized spacial score (nSPS) is 26.4. The van der Waals surface area contributed by atoms with E-state index in [1.165, 1.54) is 0 Å². The molecule has 1 aromatic rings. The van der Waals surface area contributed by atoms with Crippen LogP contribution in [0.2, 0.25) is 0 Å². The fourth-order valence-electron chi connectivity index (χ4n) is 3.53. The summed E-state index contributed by atoms with van der Waals surface area (Å²) in [6.07, 6.45) is 2.28. The topological polar surface area (TPSA) is 50.2 Å². The van der Waals surface area contributed by atoms with E-state index in [0.29, 0.717) is 6.54 Å². The van der Waals surface area contributed by atoms with Crippen LogP contribution < -0.4 is 5.32 Å². The average molecular weight is 276 g/mol. The third kappa shape index (κ3) is 2.73. The van der Waals surface area contributed by atoms with Crippen molar-refractivity contribution in [2.24, 2.45) is 11.8 Å². The first-order valence-electron chi connectivity index (χ1n) is 7.63. The van der Waals surface area contributed by atoms with E-state index in [9.17, 15) is 4.79 Å². The maximum Gasteiger partial charge on any atom is 0.244 e. The Morgan fingerprint density at radius 3 is 2.50 bits per heavy atom. The zero-order valence-electron chi connectivity index (χ0n) is 12.4. The predicted molar refractivity (Wildman–Crippen MR) is 77.4 cm³/mol. The molecule has 0 saturated carbocycles. The van der Waals surface area contributed by atoms with E-state index < -0.39 is 0 Å². The van der Waals surface area contributed by atoms with E-state index in [2.05, 4.69) is 10.4 Å². The lowest BCUT2D eigenvalue weighted by atomic mass is 9.92. The van der Waals surface area contributed by atoms with Crippen LogP contribution in [0, 0.1) is 25.7 Å². The van der Waals surface area contributed by atoms with Crippen LogP contribution in [0.1, 0.15) is 24.2 Å². The SMILES string of the molecule is Cc1cc(C)n(CC(=O)N2CC[C@@H]3CNC[C@@H]3CC2)n1. The summed E-state index contributed by atoms with van der Waals surface area (Å²) >= 11 is 0. The van der Waals surface area contributed by atoms with Crippen LogP contribution in [-0.4, -0.2) is 46.8 Å². The maximum atomic E-state index is 12.5. The third-order valence-corrected chi connectivity index (χ3v) is 4.76. The molecule has 0 spiro atoms. The van der Waals surface area contributed by atoms with Crippen molar-refractivity contribution >= 4 is 5.91 Å². The number of nitrogens with one attached hydrogen (secondary N) is 1. The van der Waals surface area contributed by atoms with Gasteiger partial charge in [0.15, 0.2) is 0 Å². The number of carbonyl (C=O) groups excluding carboxylic acids is 1. The summed E-state index contributed by atoms with van der Waals surface area (Å²) in [4.78, 5) is 14.5. The molecule has 5 heteroatoms. The molecule has 1 N–H and O–H groups in total. The molecule has 20 heavy (non-hydrogen) atoms. The monoisotopic (exact) mass is 276 g/mol. The van der Waals surface area contributed by atoms with E-state index in [-0.39, 0.29) is 5.91 Å². The highest BCUT2D eigenvalue weighted by atomic mass is 16.2. The molecular formula is C15H24N4O. The second-order valence-corrected chi connectivity index (χ2v) is 6.22. The first-order valence-corrected chi connectivity index (χ1v) is 7.63. The van der Waals surface area contributed by atoms with Gasteiger partial charge in [-0.2, -0.15) is 5.10 Å². The lowest BCUT2D eigenvalue weighted by Gasteiger charge is -2.21. The Morgan fingerprint density at radius 2 is 1.95 bits per heavy atom. The van der Waals surface area contributed by atoms with Gasteiger partial charge in [0, 0.05) is 18.8 Å². The summed E-state index contributed by atoms with van der Waals surface area (Å²) in [6, 6.07) is 2.02. The van der Waals surface area contributed by atoms with Gasteiger partial charge < -0.3 is 10.2 Å². The summed E-state index contributed by atoms with van der Waals surface area (Å²) in [6.45, 7) is 8.42. The number of hydrogen-bond donors (Lipinski definition) is 1. The van der Waals surface area contributed by atoms with Crippen LogP contribution in [0.25, 0.3) is 0 Å². The van der Waals surface area contributed by atoms with Gasteiger partial charge in [-0.3, -0.25) is 9.48 Å². The Hall–Kier alpha value is -1.36. The highest BCUT2D eigenvalue weighted by Crippen LogP contribution is 2.27. The fraction of sp³-hybridized carbons (Fsp3) is 0.733. The van der Waals surface area contributed by atoms with Crippen LogP contribution >= 0.6 is 0 Å². The molecule has 0 radical (unpaired) electrons. The van der Waals surface area contributed by atoms with Crippen LogP contribution in [-0.2, 0) is 11.3 Å². The Kier molecular flexibility index (Phi) is 3.78. The minimum atomic E-state index is 0.212. The molecule has 2 atom stereocenters. The van der Waals surface area contributed by atoms with Gasteiger partial charge in [0.1, 0.15) is 6.54 Å². The number of amides is 1. The van der Waals surface area contributed by atoms with Gasteiger partial charge >= 0.3 is 0 Å². The van der Waals surface area contributed by atoms with Gasteiger partial charge in [0.2, 0.25) is 5.91 Å². The minimum Gasteiger partial charge on any atom is -0.341 e. The lowest BCUT2D eigenvalue weighted by Crippen LogP contribution is -2.35. The van der Waals surface area contributed by atoms with Crippen LogP contribution in [0.3, 0.4) is 0 Å². The zero-order valence-corrected chi connectivity index (χ0v) is 12.4. The highest BCUT2D eigenvalue weighted by molar-refractivity contribution is 5.76. The molecule has 3 rings (SSSR count). The highest BCUT2D eigenvalue weighted by Gasteiger charge is 2.31. The fourth-order valence-corrected chi connectivity index (χ4v) is 3.53. The molecule has 0 bridgehead atoms. The van der Waals surface area contributed by atoms with Gasteiger partial charge in [-0.25, -0.2) is 0 Å². The average Bonchev–Trinajstić information content (AvgIpc) is 2.91. The Labute approximate surface area is 120 Å². The standard InChI is InChI=1S/C15H24N4O/c1-11-7-12(2)19(17-11)10-15(20)18-5-3-13-8-16-9-14(13)4-6-18/h7,13-14,16H,3-6,8-10H2,1-2H3/t13-,14+. The summed E-state index contributed by atoms with van der Waals surface area (Å²) in [5.41, 5.74) is 2.04. The van der Waals surface area contributed by atoms with E-state index in [0.717, 1.165) is 62.2 Å². The molecule has 0 aliphatic carbocycles. The molecule has 0 aromatic carbocycles.